The van der Waals surface area contributed by atoms with Gasteiger partial charge in [0.2, 0.25) is 0 Å². The highest BCUT2D eigenvalue weighted by Gasteiger charge is 2.54. The van der Waals surface area contributed by atoms with Crippen molar-refractivity contribution in [1.82, 2.24) is 0 Å². The summed E-state index contributed by atoms with van der Waals surface area (Å²) in [7, 11) is 0. The zero-order valence-electron chi connectivity index (χ0n) is 18.8. The van der Waals surface area contributed by atoms with Gasteiger partial charge in [-0.25, -0.2) is 0 Å². The first-order chi connectivity index (χ1) is 14.4. The van der Waals surface area contributed by atoms with E-state index in [4.69, 9.17) is 4.74 Å². The molecule has 0 aliphatic heterocycles. The Morgan fingerprint density at radius 1 is 1.17 bits per heavy atom. The van der Waals surface area contributed by atoms with Crippen molar-refractivity contribution in [2.45, 2.75) is 97.0 Å². The topological polar surface area (TPSA) is 66.8 Å². The van der Waals surface area contributed by atoms with Crippen molar-refractivity contribution in [3.05, 3.63) is 23.3 Å². The minimum atomic E-state index is -0.189. The summed E-state index contributed by atoms with van der Waals surface area (Å²) in [5.74, 6) is 1.97. The molecule has 0 spiro atoms. The second-order valence-corrected chi connectivity index (χ2v) is 10.3. The van der Waals surface area contributed by atoms with Crippen LogP contribution < -0.4 is 4.74 Å². The summed E-state index contributed by atoms with van der Waals surface area (Å²) in [4.78, 5) is 13.0. The van der Waals surface area contributed by atoms with Gasteiger partial charge < -0.3 is 14.9 Å². The van der Waals surface area contributed by atoms with Gasteiger partial charge in [-0.2, -0.15) is 0 Å². The molecule has 2 fully saturated rings. The number of aliphatic hydroxyl groups is 1. The monoisotopic (exact) mass is 414 g/mol. The Kier molecular flexibility index (Phi) is 6.16. The Morgan fingerprint density at radius 2 is 1.90 bits per heavy atom. The molecule has 0 unspecified atom stereocenters. The molecule has 1 aromatic carbocycles. The zero-order chi connectivity index (χ0) is 21.5. The van der Waals surface area contributed by atoms with Crippen LogP contribution in [0.15, 0.2) is 12.1 Å². The van der Waals surface area contributed by atoms with Gasteiger partial charge in [0.15, 0.2) is 0 Å². The van der Waals surface area contributed by atoms with Crippen LogP contribution in [0.4, 0.5) is 0 Å². The first-order valence-corrected chi connectivity index (χ1v) is 12.1. The van der Waals surface area contributed by atoms with E-state index in [9.17, 15) is 15.0 Å². The second kappa shape index (κ2) is 8.53. The fourth-order valence-electron chi connectivity index (χ4n) is 6.99. The lowest BCUT2D eigenvalue weighted by Gasteiger charge is -2.50. The number of phenols is 1. The number of aryl methyl sites for hydroxylation is 1. The number of hydrogen-bond acceptors (Lipinski definition) is 4. The molecule has 4 rings (SSSR count). The number of fused-ring (bicyclic) bond motifs is 5. The van der Waals surface area contributed by atoms with Crippen molar-refractivity contribution < 1.29 is 19.7 Å². The fraction of sp³-hybridized carbons (Fsp3) is 0.731. The molecule has 166 valence electrons. The van der Waals surface area contributed by atoms with E-state index in [2.05, 4.69) is 20.8 Å². The van der Waals surface area contributed by atoms with Gasteiger partial charge in [-0.3, -0.25) is 4.79 Å². The molecule has 0 amide bonds. The van der Waals surface area contributed by atoms with Crippen molar-refractivity contribution in [2.24, 2.45) is 23.2 Å². The van der Waals surface area contributed by atoms with Crippen LogP contribution >= 0.6 is 0 Å². The quantitative estimate of drug-likeness (QED) is 0.461. The van der Waals surface area contributed by atoms with Gasteiger partial charge in [0.1, 0.15) is 11.5 Å². The summed E-state index contributed by atoms with van der Waals surface area (Å²) in [6, 6.07) is 3.53. The number of benzene rings is 1. The van der Waals surface area contributed by atoms with Crippen LogP contribution in [0.2, 0.25) is 0 Å². The van der Waals surface area contributed by atoms with E-state index in [1.54, 1.807) is 6.07 Å². The van der Waals surface area contributed by atoms with Crippen LogP contribution in [0.25, 0.3) is 0 Å². The Morgan fingerprint density at radius 3 is 2.60 bits per heavy atom. The van der Waals surface area contributed by atoms with Crippen LogP contribution in [0.5, 0.6) is 11.5 Å². The van der Waals surface area contributed by atoms with E-state index < -0.39 is 0 Å². The summed E-state index contributed by atoms with van der Waals surface area (Å²) < 4.78 is 6.02. The molecule has 4 heteroatoms. The third kappa shape index (κ3) is 3.66. The summed E-state index contributed by atoms with van der Waals surface area (Å²) in [5.41, 5.74) is 2.33. The Hall–Kier alpha value is -1.55. The van der Waals surface area contributed by atoms with Gasteiger partial charge in [-0.15, -0.1) is 0 Å². The smallest absolute Gasteiger partial charge is 0.314 e. The highest BCUT2D eigenvalue weighted by Crippen LogP contribution is 2.62. The average molecular weight is 415 g/mol. The van der Waals surface area contributed by atoms with Gasteiger partial charge in [0.05, 0.1) is 12.0 Å². The number of esters is 1. The maximum Gasteiger partial charge on any atom is 0.314 e. The van der Waals surface area contributed by atoms with Gasteiger partial charge in [0.25, 0.3) is 0 Å². The molecule has 4 nitrogen and oxygen atoms in total. The lowest BCUT2D eigenvalue weighted by molar-refractivity contribution is -0.139. The maximum atomic E-state index is 13.0. The molecule has 0 saturated heterocycles. The molecule has 0 heterocycles. The molecular weight excluding hydrogens is 376 g/mol. The Bertz CT molecular complexity index is 781. The second-order valence-electron chi connectivity index (χ2n) is 10.3. The first kappa shape index (κ1) is 21.7. The third-order valence-electron chi connectivity index (χ3n) is 8.54. The van der Waals surface area contributed by atoms with Crippen LogP contribution in [-0.4, -0.2) is 22.3 Å². The predicted octanol–water partition coefficient (Wildman–Crippen LogP) is 5.73. The number of aromatic hydroxyl groups is 1. The van der Waals surface area contributed by atoms with Crippen LogP contribution in [0.3, 0.4) is 0 Å². The Labute approximate surface area is 181 Å². The average Bonchev–Trinajstić information content (AvgIpc) is 3.02. The van der Waals surface area contributed by atoms with E-state index in [0.717, 1.165) is 75.3 Å². The van der Waals surface area contributed by atoms with E-state index in [-0.39, 0.29) is 29.2 Å². The van der Waals surface area contributed by atoms with Crippen molar-refractivity contribution in [3.8, 4) is 11.5 Å². The first-order valence-electron chi connectivity index (χ1n) is 12.1. The van der Waals surface area contributed by atoms with Gasteiger partial charge >= 0.3 is 5.97 Å². The van der Waals surface area contributed by atoms with Crippen molar-refractivity contribution in [1.29, 1.82) is 0 Å². The molecule has 30 heavy (non-hydrogen) atoms. The van der Waals surface area contributed by atoms with Crippen LogP contribution in [0, 0.1) is 23.2 Å². The van der Waals surface area contributed by atoms with Crippen molar-refractivity contribution >= 4 is 5.97 Å². The minimum absolute atomic E-state index is 0.0276. The highest BCUT2D eigenvalue weighted by molar-refractivity contribution is 5.76. The largest absolute Gasteiger partial charge is 0.508 e. The van der Waals surface area contributed by atoms with Gasteiger partial charge in [-0.1, -0.05) is 33.6 Å². The molecule has 1 aromatic rings. The van der Waals surface area contributed by atoms with Crippen LogP contribution in [-0.2, 0) is 11.2 Å². The fourth-order valence-corrected chi connectivity index (χ4v) is 6.99. The lowest BCUT2D eigenvalue weighted by Crippen LogP contribution is -2.44. The van der Waals surface area contributed by atoms with E-state index in [0.29, 0.717) is 23.5 Å². The summed E-state index contributed by atoms with van der Waals surface area (Å²) >= 11 is 0. The zero-order valence-corrected chi connectivity index (χ0v) is 18.8. The summed E-state index contributed by atoms with van der Waals surface area (Å²) in [6.45, 7) is 6.48. The van der Waals surface area contributed by atoms with E-state index in [1.807, 2.05) is 6.07 Å². The molecule has 3 aliphatic rings. The molecule has 2 saturated carbocycles. The molecule has 5 atom stereocenters. The number of carbonyl (C=O) groups is 1. The number of aliphatic hydroxyl groups excluding tert-OH is 1. The Balaban J connectivity index is 1.65. The van der Waals surface area contributed by atoms with E-state index in [1.165, 1.54) is 0 Å². The highest BCUT2D eigenvalue weighted by atomic mass is 16.5. The van der Waals surface area contributed by atoms with Crippen molar-refractivity contribution in [2.75, 3.05) is 0 Å². The van der Waals surface area contributed by atoms with E-state index >= 15 is 0 Å². The van der Waals surface area contributed by atoms with Gasteiger partial charge in [-0.05, 0) is 86.2 Å². The molecule has 0 bridgehead atoms. The molecule has 3 aliphatic carbocycles. The number of ether oxygens (including phenoxy) is 1. The normalized spacial score (nSPS) is 32.4. The number of phenolic OH excluding ortho intramolecular Hbond substituents is 1. The molecule has 0 aromatic heterocycles. The summed E-state index contributed by atoms with van der Waals surface area (Å²) in [6.07, 6.45) is 9.46. The minimum Gasteiger partial charge on any atom is -0.508 e. The van der Waals surface area contributed by atoms with Crippen molar-refractivity contribution in [3.63, 3.8) is 0 Å². The van der Waals surface area contributed by atoms with Crippen LogP contribution in [0.1, 0.15) is 95.6 Å². The third-order valence-corrected chi connectivity index (χ3v) is 8.54. The molecule has 2 N–H and O–H groups in total. The SMILES string of the molecule is CCCC(CCC)C(=O)Oc1cc(O)cc2c1[C@H]1CC[C@]3(C)[C@H](O)CC[C@H]3[C@@H]1CC2. The molecule has 0 radical (unpaired) electrons. The predicted molar refractivity (Wildman–Crippen MR) is 118 cm³/mol. The molecular formula is C26H38O4. The summed E-state index contributed by atoms with van der Waals surface area (Å²) in [5, 5.41) is 21.0. The van der Waals surface area contributed by atoms with Gasteiger partial charge in [0, 0.05) is 11.6 Å². The lowest BCUT2D eigenvalue weighted by atomic mass is 9.55. The standard InChI is InChI=1S/C26H38O4/c1-4-6-16(7-5-2)25(29)30-22-15-18(27)14-17-8-9-19-20(24(17)22)12-13-26(3)21(19)10-11-23(26)28/h14-16,19-21,23,27-28H,4-13H2,1-3H3/t19-,20+,21+,23-,26+/m1/s1. The number of hydrogen-bond donors (Lipinski definition) is 2. The number of carbonyl (C=O) groups excluding carboxylic acids is 1. The number of rotatable bonds is 6. The maximum absolute atomic E-state index is 13.0.